The molecule has 2 rings (SSSR count). The molecule has 0 saturated carbocycles. The minimum absolute atomic E-state index is 0.0934. The van der Waals surface area contributed by atoms with Gasteiger partial charge in [-0.15, -0.1) is 0 Å². The van der Waals surface area contributed by atoms with Crippen LogP contribution in [0.15, 0.2) is 18.2 Å². The van der Waals surface area contributed by atoms with Gasteiger partial charge in [-0.2, -0.15) is 0 Å². The fourth-order valence-electron chi connectivity index (χ4n) is 2.33. The van der Waals surface area contributed by atoms with Gasteiger partial charge in [-0.1, -0.05) is 11.6 Å². The minimum Gasteiger partial charge on any atom is -0.478 e. The summed E-state index contributed by atoms with van der Waals surface area (Å²) in [6.07, 6.45) is 0. The van der Waals surface area contributed by atoms with Crippen molar-refractivity contribution in [2.75, 3.05) is 25.0 Å². The summed E-state index contributed by atoms with van der Waals surface area (Å²) < 4.78 is 5.56. The second kappa shape index (κ2) is 5.73. The lowest BCUT2D eigenvalue weighted by molar-refractivity contribution is -0.0720. The molecule has 1 aromatic rings. The normalized spacial score (nSPS) is 17.4. The lowest BCUT2D eigenvalue weighted by Crippen LogP contribution is -2.51. The number of hydrogen-bond acceptors (Lipinski definition) is 3. The van der Waals surface area contributed by atoms with Gasteiger partial charge in [0.05, 0.1) is 30.0 Å². The van der Waals surface area contributed by atoms with Gasteiger partial charge < -0.3 is 20.1 Å². The highest BCUT2D eigenvalue weighted by Crippen LogP contribution is 2.20. The van der Waals surface area contributed by atoms with Gasteiger partial charge in [-0.3, -0.25) is 0 Å². The Labute approximate surface area is 123 Å². The first-order chi connectivity index (χ1) is 9.78. The number of rotatable bonds is 2. The Bertz CT molecular complexity index is 569. The molecule has 2 amide bonds. The Morgan fingerprint density at radius 1 is 1.38 bits per heavy atom. The number of carbonyl (C=O) groups is 2. The fourth-order valence-corrected chi connectivity index (χ4v) is 2.33. The molecular formula is C15H20N2O4. The number of benzene rings is 1. The van der Waals surface area contributed by atoms with Gasteiger partial charge in [0, 0.05) is 6.54 Å². The standard InChI is InChI=1S/C15H20N2O4/c1-10-4-5-12(11(8-10)13(18)19)16-14(20)17-6-7-21-15(2,3)9-17/h4-5,8H,6-7,9H2,1-3H3,(H,16,20)(H,18,19). The summed E-state index contributed by atoms with van der Waals surface area (Å²) in [5.41, 5.74) is 0.842. The third-order valence-electron chi connectivity index (χ3n) is 3.36. The maximum Gasteiger partial charge on any atom is 0.337 e. The summed E-state index contributed by atoms with van der Waals surface area (Å²) in [7, 11) is 0. The van der Waals surface area contributed by atoms with Crippen LogP contribution in [0.3, 0.4) is 0 Å². The molecular weight excluding hydrogens is 272 g/mol. The van der Waals surface area contributed by atoms with Crippen molar-refractivity contribution in [3.63, 3.8) is 0 Å². The molecule has 114 valence electrons. The molecule has 2 N–H and O–H groups in total. The topological polar surface area (TPSA) is 78.9 Å². The highest BCUT2D eigenvalue weighted by Gasteiger charge is 2.30. The summed E-state index contributed by atoms with van der Waals surface area (Å²) in [5.74, 6) is -1.06. The zero-order chi connectivity index (χ0) is 15.6. The number of morpholine rings is 1. The summed E-state index contributed by atoms with van der Waals surface area (Å²) in [6.45, 7) is 7.07. The average molecular weight is 292 g/mol. The monoisotopic (exact) mass is 292 g/mol. The summed E-state index contributed by atoms with van der Waals surface area (Å²) in [5, 5.41) is 11.9. The van der Waals surface area contributed by atoms with Crippen molar-refractivity contribution < 1.29 is 19.4 Å². The molecule has 21 heavy (non-hydrogen) atoms. The van der Waals surface area contributed by atoms with E-state index in [2.05, 4.69) is 5.32 Å². The van der Waals surface area contributed by atoms with Gasteiger partial charge in [0.15, 0.2) is 0 Å². The third kappa shape index (κ3) is 3.72. The molecule has 0 aromatic heterocycles. The van der Waals surface area contributed by atoms with Crippen LogP contribution in [0.1, 0.15) is 29.8 Å². The fraction of sp³-hybridized carbons (Fsp3) is 0.467. The molecule has 0 radical (unpaired) electrons. The van der Waals surface area contributed by atoms with E-state index in [9.17, 15) is 14.7 Å². The smallest absolute Gasteiger partial charge is 0.337 e. The van der Waals surface area contributed by atoms with E-state index in [1.54, 1.807) is 23.1 Å². The molecule has 0 unspecified atom stereocenters. The zero-order valence-electron chi connectivity index (χ0n) is 12.5. The number of anilines is 1. The number of ether oxygens (including phenoxy) is 1. The second-order valence-electron chi connectivity index (χ2n) is 5.81. The number of aromatic carboxylic acids is 1. The van der Waals surface area contributed by atoms with Gasteiger partial charge in [-0.25, -0.2) is 9.59 Å². The first-order valence-corrected chi connectivity index (χ1v) is 6.82. The van der Waals surface area contributed by atoms with Crippen molar-refractivity contribution in [3.8, 4) is 0 Å². The Morgan fingerprint density at radius 2 is 2.10 bits per heavy atom. The van der Waals surface area contributed by atoms with Crippen LogP contribution in [-0.4, -0.2) is 47.3 Å². The Kier molecular flexibility index (Phi) is 4.18. The Balaban J connectivity index is 2.14. The van der Waals surface area contributed by atoms with Crippen LogP contribution in [-0.2, 0) is 4.74 Å². The van der Waals surface area contributed by atoms with E-state index < -0.39 is 11.6 Å². The maximum atomic E-state index is 12.3. The van der Waals surface area contributed by atoms with E-state index in [1.165, 1.54) is 0 Å². The van der Waals surface area contributed by atoms with Gasteiger partial charge in [0.2, 0.25) is 0 Å². The first-order valence-electron chi connectivity index (χ1n) is 6.82. The lowest BCUT2D eigenvalue weighted by atomic mass is 10.1. The number of amides is 2. The van der Waals surface area contributed by atoms with Gasteiger partial charge in [0.1, 0.15) is 0 Å². The predicted molar refractivity (Wildman–Crippen MR) is 78.8 cm³/mol. The predicted octanol–water partition coefficient (Wildman–Crippen LogP) is 2.34. The van der Waals surface area contributed by atoms with E-state index in [0.29, 0.717) is 25.4 Å². The summed E-state index contributed by atoms with van der Waals surface area (Å²) >= 11 is 0. The van der Waals surface area contributed by atoms with Crippen LogP contribution in [0, 0.1) is 6.92 Å². The zero-order valence-corrected chi connectivity index (χ0v) is 12.5. The van der Waals surface area contributed by atoms with Crippen LogP contribution in [0.4, 0.5) is 10.5 Å². The van der Waals surface area contributed by atoms with Crippen LogP contribution >= 0.6 is 0 Å². The Morgan fingerprint density at radius 3 is 2.71 bits per heavy atom. The second-order valence-corrected chi connectivity index (χ2v) is 5.81. The molecule has 1 aliphatic rings. The lowest BCUT2D eigenvalue weighted by Gasteiger charge is -2.38. The van der Waals surface area contributed by atoms with Crippen molar-refractivity contribution >= 4 is 17.7 Å². The van der Waals surface area contributed by atoms with Crippen molar-refractivity contribution in [2.45, 2.75) is 26.4 Å². The van der Waals surface area contributed by atoms with Crippen LogP contribution in [0.25, 0.3) is 0 Å². The SMILES string of the molecule is Cc1ccc(NC(=O)N2CCOC(C)(C)C2)c(C(=O)O)c1. The molecule has 1 heterocycles. The molecule has 1 fully saturated rings. The highest BCUT2D eigenvalue weighted by atomic mass is 16.5. The average Bonchev–Trinajstić information content (AvgIpc) is 2.39. The number of aryl methyl sites for hydroxylation is 1. The minimum atomic E-state index is -1.06. The van der Waals surface area contributed by atoms with E-state index in [-0.39, 0.29) is 11.6 Å². The highest BCUT2D eigenvalue weighted by molar-refractivity contribution is 6.00. The van der Waals surface area contributed by atoms with Crippen molar-refractivity contribution in [3.05, 3.63) is 29.3 Å². The number of urea groups is 1. The third-order valence-corrected chi connectivity index (χ3v) is 3.36. The van der Waals surface area contributed by atoms with E-state index in [1.807, 2.05) is 20.8 Å². The van der Waals surface area contributed by atoms with E-state index in [4.69, 9.17) is 4.74 Å². The number of hydrogen-bond donors (Lipinski definition) is 2. The largest absolute Gasteiger partial charge is 0.478 e. The van der Waals surface area contributed by atoms with Gasteiger partial charge in [0.25, 0.3) is 0 Å². The van der Waals surface area contributed by atoms with Crippen molar-refractivity contribution in [1.29, 1.82) is 0 Å². The van der Waals surface area contributed by atoms with Crippen molar-refractivity contribution in [2.24, 2.45) is 0 Å². The molecule has 0 bridgehead atoms. The first kappa shape index (κ1) is 15.3. The van der Waals surface area contributed by atoms with Gasteiger partial charge >= 0.3 is 12.0 Å². The number of nitrogens with zero attached hydrogens (tertiary/aromatic N) is 1. The van der Waals surface area contributed by atoms with Crippen LogP contribution in [0.2, 0.25) is 0 Å². The van der Waals surface area contributed by atoms with Gasteiger partial charge in [-0.05, 0) is 32.9 Å². The molecule has 1 aromatic carbocycles. The van der Waals surface area contributed by atoms with E-state index >= 15 is 0 Å². The number of nitrogens with one attached hydrogen (secondary N) is 1. The molecule has 0 spiro atoms. The summed E-state index contributed by atoms with van der Waals surface area (Å²) in [6, 6.07) is 4.62. The quantitative estimate of drug-likeness (QED) is 0.877. The molecule has 1 saturated heterocycles. The molecule has 0 atom stereocenters. The number of carbonyl (C=O) groups excluding carboxylic acids is 1. The van der Waals surface area contributed by atoms with Crippen LogP contribution < -0.4 is 5.32 Å². The number of carboxylic acid groups (broad SMARTS) is 1. The maximum absolute atomic E-state index is 12.3. The molecule has 0 aliphatic carbocycles. The van der Waals surface area contributed by atoms with Crippen LogP contribution in [0.5, 0.6) is 0 Å². The van der Waals surface area contributed by atoms with Crippen molar-refractivity contribution in [1.82, 2.24) is 4.90 Å². The Hall–Kier alpha value is -2.08. The van der Waals surface area contributed by atoms with E-state index in [0.717, 1.165) is 5.56 Å². The molecule has 6 heteroatoms. The molecule has 6 nitrogen and oxygen atoms in total. The number of carboxylic acids is 1. The summed E-state index contributed by atoms with van der Waals surface area (Å²) in [4.78, 5) is 25.2. The molecule has 1 aliphatic heterocycles.